The van der Waals surface area contributed by atoms with E-state index in [4.69, 9.17) is 32.7 Å². The molecule has 1 atom stereocenters. The molecule has 0 radical (unpaired) electrons. The Hall–Kier alpha value is -1.56. The fourth-order valence-electron chi connectivity index (χ4n) is 2.70. The van der Waals surface area contributed by atoms with E-state index in [9.17, 15) is 4.79 Å². The third-order valence-corrected chi connectivity index (χ3v) is 4.50. The number of aromatic nitrogens is 1. The van der Waals surface area contributed by atoms with Crippen LogP contribution in [0.4, 0.5) is 0 Å². The van der Waals surface area contributed by atoms with Crippen molar-refractivity contribution in [3.8, 4) is 5.75 Å². The van der Waals surface area contributed by atoms with Gasteiger partial charge < -0.3 is 14.4 Å². The van der Waals surface area contributed by atoms with Gasteiger partial charge in [-0.2, -0.15) is 0 Å². The van der Waals surface area contributed by atoms with E-state index in [0.717, 1.165) is 11.1 Å². The van der Waals surface area contributed by atoms with Gasteiger partial charge in [0.1, 0.15) is 5.52 Å². The SMILES string of the molecule is Cc1ccc2c(Cl)cc(Cl)c(OCC(=O)N3CCOC(C)C3)c2n1. The summed E-state index contributed by atoms with van der Waals surface area (Å²) in [7, 11) is 0. The fraction of sp³-hybridized carbons (Fsp3) is 0.412. The van der Waals surface area contributed by atoms with Crippen LogP contribution in [0.25, 0.3) is 10.9 Å². The van der Waals surface area contributed by atoms with Crippen LogP contribution in [0.2, 0.25) is 10.0 Å². The average Bonchev–Trinajstić information content (AvgIpc) is 2.54. The lowest BCUT2D eigenvalue weighted by Gasteiger charge is -2.31. The fourth-order valence-corrected chi connectivity index (χ4v) is 3.27. The van der Waals surface area contributed by atoms with Gasteiger partial charge in [0, 0.05) is 24.2 Å². The highest BCUT2D eigenvalue weighted by molar-refractivity contribution is 6.39. The molecule has 0 N–H and O–H groups in total. The highest BCUT2D eigenvalue weighted by atomic mass is 35.5. The molecule has 2 heterocycles. The summed E-state index contributed by atoms with van der Waals surface area (Å²) in [6, 6.07) is 5.35. The molecule has 5 nitrogen and oxygen atoms in total. The van der Waals surface area contributed by atoms with Crippen molar-refractivity contribution in [3.63, 3.8) is 0 Å². The number of halogens is 2. The highest BCUT2D eigenvalue weighted by Gasteiger charge is 2.22. The number of hydrogen-bond acceptors (Lipinski definition) is 4. The number of fused-ring (bicyclic) bond motifs is 1. The number of ether oxygens (including phenoxy) is 2. The number of aryl methyl sites for hydroxylation is 1. The van der Waals surface area contributed by atoms with Crippen LogP contribution in [0, 0.1) is 6.92 Å². The molecule has 1 unspecified atom stereocenters. The summed E-state index contributed by atoms with van der Waals surface area (Å²) < 4.78 is 11.2. The molecular weight excluding hydrogens is 351 g/mol. The molecule has 0 bridgehead atoms. The molecular formula is C17H18Cl2N2O3. The van der Waals surface area contributed by atoms with E-state index in [1.54, 1.807) is 11.0 Å². The Kier molecular flexibility index (Phi) is 5.13. The zero-order chi connectivity index (χ0) is 17.3. The second kappa shape index (κ2) is 7.13. The van der Waals surface area contributed by atoms with Gasteiger partial charge in [-0.25, -0.2) is 4.98 Å². The van der Waals surface area contributed by atoms with E-state index in [0.29, 0.717) is 41.0 Å². The number of pyridine rings is 1. The first kappa shape index (κ1) is 17.3. The highest BCUT2D eigenvalue weighted by Crippen LogP contribution is 2.37. The summed E-state index contributed by atoms with van der Waals surface area (Å²) in [5.41, 5.74) is 1.38. The number of carbonyl (C=O) groups excluding carboxylic acids is 1. The second-order valence-corrected chi connectivity index (χ2v) is 6.64. The third-order valence-electron chi connectivity index (χ3n) is 3.91. The smallest absolute Gasteiger partial charge is 0.260 e. The molecule has 3 rings (SSSR count). The lowest BCUT2D eigenvalue weighted by Crippen LogP contribution is -2.46. The first-order valence-electron chi connectivity index (χ1n) is 7.73. The number of morpholine rings is 1. The predicted octanol–water partition coefficient (Wildman–Crippen LogP) is 3.48. The summed E-state index contributed by atoms with van der Waals surface area (Å²) in [5, 5.41) is 1.59. The minimum atomic E-state index is -0.100. The monoisotopic (exact) mass is 368 g/mol. The number of rotatable bonds is 3. The average molecular weight is 369 g/mol. The molecule has 1 aromatic carbocycles. The minimum absolute atomic E-state index is 0.0342. The zero-order valence-electron chi connectivity index (χ0n) is 13.5. The number of amides is 1. The molecule has 1 aliphatic heterocycles. The van der Waals surface area contributed by atoms with Gasteiger partial charge in [0.2, 0.25) is 0 Å². The van der Waals surface area contributed by atoms with Crippen LogP contribution < -0.4 is 4.74 Å². The van der Waals surface area contributed by atoms with E-state index in [-0.39, 0.29) is 18.6 Å². The topological polar surface area (TPSA) is 51.7 Å². The summed E-state index contributed by atoms with van der Waals surface area (Å²) >= 11 is 12.5. The Morgan fingerprint density at radius 1 is 1.42 bits per heavy atom. The van der Waals surface area contributed by atoms with Gasteiger partial charge >= 0.3 is 0 Å². The first-order chi connectivity index (χ1) is 11.5. The van der Waals surface area contributed by atoms with E-state index in [1.807, 2.05) is 26.0 Å². The molecule has 0 spiro atoms. The van der Waals surface area contributed by atoms with Crippen LogP contribution >= 0.6 is 23.2 Å². The van der Waals surface area contributed by atoms with Gasteiger partial charge in [-0.05, 0) is 32.0 Å². The van der Waals surface area contributed by atoms with Crippen molar-refractivity contribution in [2.75, 3.05) is 26.3 Å². The maximum Gasteiger partial charge on any atom is 0.260 e. The van der Waals surface area contributed by atoms with E-state index >= 15 is 0 Å². The van der Waals surface area contributed by atoms with Gasteiger partial charge in [0.05, 0.1) is 22.8 Å². The van der Waals surface area contributed by atoms with Crippen molar-refractivity contribution in [3.05, 3.63) is 33.9 Å². The van der Waals surface area contributed by atoms with Crippen molar-refractivity contribution in [2.24, 2.45) is 0 Å². The Balaban J connectivity index is 1.82. The number of nitrogens with zero attached hydrogens (tertiary/aromatic N) is 2. The van der Waals surface area contributed by atoms with Gasteiger partial charge in [0.25, 0.3) is 5.91 Å². The van der Waals surface area contributed by atoms with E-state index in [1.165, 1.54) is 0 Å². The third kappa shape index (κ3) is 3.58. The van der Waals surface area contributed by atoms with Gasteiger partial charge in [-0.15, -0.1) is 0 Å². The number of carbonyl (C=O) groups is 1. The lowest BCUT2D eigenvalue weighted by atomic mass is 10.2. The van der Waals surface area contributed by atoms with Crippen LogP contribution in [0.15, 0.2) is 18.2 Å². The standard InChI is InChI=1S/C17H18Cl2N2O3/c1-10-3-4-12-13(18)7-14(19)17(16(12)20-10)24-9-15(22)21-5-6-23-11(2)8-21/h3-4,7,11H,5-6,8-9H2,1-2H3. The molecule has 1 aromatic heterocycles. The van der Waals surface area contributed by atoms with Crippen LogP contribution in [0.1, 0.15) is 12.6 Å². The van der Waals surface area contributed by atoms with E-state index in [2.05, 4.69) is 4.98 Å². The van der Waals surface area contributed by atoms with Crippen LogP contribution in [-0.2, 0) is 9.53 Å². The molecule has 0 aliphatic carbocycles. The van der Waals surface area contributed by atoms with Crippen LogP contribution in [0.5, 0.6) is 5.75 Å². The Bertz CT molecular complexity index is 782. The van der Waals surface area contributed by atoms with Crippen LogP contribution in [0.3, 0.4) is 0 Å². The number of benzene rings is 1. The largest absolute Gasteiger partial charge is 0.480 e. The summed E-state index contributed by atoms with van der Waals surface area (Å²) in [5.74, 6) is 0.284. The minimum Gasteiger partial charge on any atom is -0.480 e. The summed E-state index contributed by atoms with van der Waals surface area (Å²) in [6.45, 7) is 5.39. The van der Waals surface area contributed by atoms with Crippen LogP contribution in [-0.4, -0.2) is 48.2 Å². The molecule has 1 saturated heterocycles. The molecule has 1 fully saturated rings. The van der Waals surface area contributed by atoms with Gasteiger partial charge in [-0.3, -0.25) is 4.79 Å². The molecule has 0 saturated carbocycles. The predicted molar refractivity (Wildman–Crippen MR) is 94.0 cm³/mol. The van der Waals surface area contributed by atoms with Crippen molar-refractivity contribution in [1.29, 1.82) is 0 Å². The quantitative estimate of drug-likeness (QED) is 0.831. The van der Waals surface area contributed by atoms with Crippen molar-refractivity contribution >= 4 is 40.0 Å². The molecule has 2 aromatic rings. The maximum absolute atomic E-state index is 12.4. The van der Waals surface area contributed by atoms with Gasteiger partial charge in [0.15, 0.2) is 12.4 Å². The Morgan fingerprint density at radius 3 is 2.96 bits per heavy atom. The van der Waals surface area contributed by atoms with Crippen molar-refractivity contribution < 1.29 is 14.3 Å². The summed E-state index contributed by atoms with van der Waals surface area (Å²) in [4.78, 5) is 18.6. The van der Waals surface area contributed by atoms with E-state index < -0.39 is 0 Å². The van der Waals surface area contributed by atoms with Gasteiger partial charge in [-0.1, -0.05) is 23.2 Å². The first-order valence-corrected chi connectivity index (χ1v) is 8.49. The molecule has 24 heavy (non-hydrogen) atoms. The molecule has 1 amide bonds. The van der Waals surface area contributed by atoms with Crippen molar-refractivity contribution in [1.82, 2.24) is 9.88 Å². The number of hydrogen-bond donors (Lipinski definition) is 0. The molecule has 128 valence electrons. The lowest BCUT2D eigenvalue weighted by molar-refractivity contribution is -0.140. The normalized spacial score (nSPS) is 18.0. The summed E-state index contributed by atoms with van der Waals surface area (Å²) in [6.07, 6.45) is 0.0342. The molecule has 1 aliphatic rings. The maximum atomic E-state index is 12.4. The van der Waals surface area contributed by atoms with Crippen molar-refractivity contribution in [2.45, 2.75) is 20.0 Å². The zero-order valence-corrected chi connectivity index (χ0v) is 15.0. The molecule has 7 heteroatoms. The Morgan fingerprint density at radius 2 is 2.21 bits per heavy atom. The second-order valence-electron chi connectivity index (χ2n) is 5.83. The Labute approximate surface area is 150 Å².